The fourth-order valence-corrected chi connectivity index (χ4v) is 15.0. The van der Waals surface area contributed by atoms with Crippen LogP contribution in [-0.4, -0.2) is 11.8 Å². The van der Waals surface area contributed by atoms with E-state index in [4.69, 9.17) is 0 Å². The molecule has 1 aliphatic heterocycles. The summed E-state index contributed by atoms with van der Waals surface area (Å²) >= 11 is 0. The number of benzene rings is 11. The van der Waals surface area contributed by atoms with Crippen molar-refractivity contribution in [2.24, 2.45) is 0 Å². The van der Waals surface area contributed by atoms with Gasteiger partial charge < -0.3 is 19.7 Å². The van der Waals surface area contributed by atoms with Crippen LogP contribution in [0.5, 0.6) is 0 Å². The fraction of sp³-hybridized carbons (Fsp3) is 0.195. The van der Waals surface area contributed by atoms with Gasteiger partial charge in [0, 0.05) is 61.8 Å². The van der Waals surface area contributed by atoms with Crippen molar-refractivity contribution in [1.29, 1.82) is 0 Å². The van der Waals surface area contributed by atoms with Gasteiger partial charge in [0.25, 0.3) is 0 Å². The van der Waals surface area contributed by atoms with Crippen LogP contribution < -0.4 is 26.0 Å². The maximum Gasteiger partial charge on any atom is 0.198 e. The molecule has 0 radical (unpaired) electrons. The van der Waals surface area contributed by atoms with Gasteiger partial charge in [-0.1, -0.05) is 213 Å². The van der Waals surface area contributed by atoms with Crippen molar-refractivity contribution >= 4 is 85.5 Å². The van der Waals surface area contributed by atoms with Crippen LogP contribution in [0.2, 0.25) is 0 Å². The van der Waals surface area contributed by atoms with Gasteiger partial charge in [-0.05, 0) is 200 Å². The Balaban J connectivity index is 1.08. The number of nitrogens with one attached hydrogen (secondary N) is 1. The molecule has 87 heavy (non-hydrogen) atoms. The van der Waals surface area contributed by atoms with Crippen molar-refractivity contribution in [2.45, 2.75) is 103 Å². The fourth-order valence-electron chi connectivity index (χ4n) is 15.0. The summed E-state index contributed by atoms with van der Waals surface area (Å²) in [5, 5.41) is 6.67. The lowest BCUT2D eigenvalue weighted by atomic mass is 9.55. The molecule has 0 spiro atoms. The number of anilines is 8. The zero-order valence-corrected chi connectivity index (χ0v) is 51.5. The van der Waals surface area contributed by atoms with Crippen molar-refractivity contribution in [1.82, 2.24) is 4.57 Å². The van der Waals surface area contributed by atoms with Gasteiger partial charge >= 0.3 is 0 Å². The van der Waals surface area contributed by atoms with E-state index in [0.29, 0.717) is 0 Å². The van der Waals surface area contributed by atoms with Crippen molar-refractivity contribution < 1.29 is 0 Å². The average Bonchev–Trinajstić information content (AvgIpc) is 1.69. The maximum absolute atomic E-state index is 4.19. The quantitative estimate of drug-likeness (QED) is 0.131. The first-order valence-corrected chi connectivity index (χ1v) is 31.5. The van der Waals surface area contributed by atoms with Gasteiger partial charge in [0.2, 0.25) is 0 Å². The first-order chi connectivity index (χ1) is 42.1. The van der Waals surface area contributed by atoms with Gasteiger partial charge in [0.1, 0.15) is 0 Å². The van der Waals surface area contributed by atoms with Gasteiger partial charge in [-0.25, -0.2) is 0 Å². The number of hydrogen-bond acceptors (Lipinski definition) is 3. The molecule has 0 saturated heterocycles. The van der Waals surface area contributed by atoms with E-state index < -0.39 is 0 Å². The zero-order valence-electron chi connectivity index (χ0n) is 51.5. The van der Waals surface area contributed by atoms with E-state index in [-0.39, 0.29) is 21.7 Å². The molecule has 11 aromatic carbocycles. The molecule has 0 amide bonds. The standard InChI is InChI=1S/C82H75BN4/c1-79(2)43-44-80(3,4)68-49-58(39-41-67(68)79)84-72-42-40-63(85(59-31-17-11-18-32-59)60-33-19-12-20-34-60)50-65(72)66-51-75(86(61-35-23-29-56(47-61)54-25-13-9-14-26-54)62-36-24-30-57(48-62)55-27-15-10-16-28-55)76-64-37-21-22-38-73(64)87-74-53-70-69(52-71(74)83-77(66)78(76)87)81(5,6)45-46-82(70,7)8/h9-42,47-53,83-84H,43-46H2,1-8H3. The van der Waals surface area contributed by atoms with Gasteiger partial charge in [-0.15, -0.1) is 0 Å². The average molecular weight is 1130 g/mol. The Bertz CT molecular complexity index is 4510. The predicted molar refractivity (Wildman–Crippen MR) is 373 cm³/mol. The molecular weight excluding hydrogens is 1050 g/mol. The summed E-state index contributed by atoms with van der Waals surface area (Å²) in [5.41, 5.74) is 28.2. The Morgan fingerprint density at radius 1 is 0.379 bits per heavy atom. The highest BCUT2D eigenvalue weighted by atomic mass is 15.2. The van der Waals surface area contributed by atoms with Crippen molar-refractivity contribution in [3.8, 4) is 39.1 Å². The molecule has 15 rings (SSSR count). The lowest BCUT2D eigenvalue weighted by Gasteiger charge is -2.43. The normalized spacial score (nSPS) is 15.6. The predicted octanol–water partition coefficient (Wildman–Crippen LogP) is 20.9. The largest absolute Gasteiger partial charge is 0.355 e. The van der Waals surface area contributed by atoms with Crippen LogP contribution in [0.25, 0.3) is 60.9 Å². The van der Waals surface area contributed by atoms with Crippen molar-refractivity contribution in [3.05, 3.63) is 271 Å². The third-order valence-electron chi connectivity index (χ3n) is 20.1. The smallest absolute Gasteiger partial charge is 0.198 e. The third kappa shape index (κ3) is 9.37. The molecule has 0 unspecified atom stereocenters. The van der Waals surface area contributed by atoms with Crippen LogP contribution in [0.3, 0.4) is 0 Å². The lowest BCUT2D eigenvalue weighted by molar-refractivity contribution is 0.332. The van der Waals surface area contributed by atoms with Crippen molar-refractivity contribution in [3.63, 3.8) is 0 Å². The molecule has 4 nitrogen and oxygen atoms in total. The third-order valence-corrected chi connectivity index (χ3v) is 20.1. The van der Waals surface area contributed by atoms with Crippen LogP contribution in [0.4, 0.5) is 45.5 Å². The molecule has 5 heteroatoms. The summed E-state index contributed by atoms with van der Waals surface area (Å²) in [4.78, 5) is 4.98. The minimum absolute atomic E-state index is 0.0195. The molecule has 0 fully saturated rings. The van der Waals surface area contributed by atoms with Gasteiger partial charge in [0.05, 0.1) is 16.7 Å². The Morgan fingerprint density at radius 2 is 0.862 bits per heavy atom. The molecule has 12 aromatic rings. The minimum atomic E-state index is 0.0195. The van der Waals surface area contributed by atoms with E-state index >= 15 is 0 Å². The monoisotopic (exact) mass is 1130 g/mol. The van der Waals surface area contributed by atoms with E-state index in [0.717, 1.165) is 88.7 Å². The highest BCUT2D eigenvalue weighted by Gasteiger charge is 2.41. The first-order valence-electron chi connectivity index (χ1n) is 31.5. The summed E-state index contributed by atoms with van der Waals surface area (Å²) in [6, 6.07) is 93.2. The molecule has 1 aromatic heterocycles. The highest BCUT2D eigenvalue weighted by Crippen LogP contribution is 2.52. The molecule has 3 aliphatic rings. The Kier molecular flexibility index (Phi) is 12.9. The Labute approximate surface area is 515 Å². The van der Waals surface area contributed by atoms with E-state index in [9.17, 15) is 0 Å². The van der Waals surface area contributed by atoms with E-state index in [1.54, 1.807) is 0 Å². The topological polar surface area (TPSA) is 23.4 Å². The van der Waals surface area contributed by atoms with Crippen molar-refractivity contribution in [2.75, 3.05) is 15.1 Å². The summed E-state index contributed by atoms with van der Waals surface area (Å²) < 4.78 is 2.67. The van der Waals surface area contributed by atoms with Gasteiger partial charge in [0.15, 0.2) is 7.28 Å². The summed E-state index contributed by atoms with van der Waals surface area (Å²) in [6.07, 6.45) is 4.61. The molecule has 426 valence electrons. The Morgan fingerprint density at radius 3 is 1.45 bits per heavy atom. The van der Waals surface area contributed by atoms with Crippen LogP contribution in [-0.2, 0) is 21.7 Å². The summed E-state index contributed by atoms with van der Waals surface area (Å²) in [6.45, 7) is 19.6. The number of nitrogens with zero attached hydrogens (tertiary/aromatic N) is 3. The van der Waals surface area contributed by atoms with Crippen LogP contribution in [0.15, 0.2) is 249 Å². The molecule has 0 bridgehead atoms. The Hall–Kier alpha value is -9.32. The minimum Gasteiger partial charge on any atom is -0.355 e. The first kappa shape index (κ1) is 54.3. The molecule has 0 atom stereocenters. The van der Waals surface area contributed by atoms with Gasteiger partial charge in [-0.2, -0.15) is 0 Å². The van der Waals surface area contributed by atoms with E-state index in [2.05, 4.69) is 324 Å². The number of fused-ring (bicyclic) bond motifs is 7. The van der Waals surface area contributed by atoms with E-state index in [1.165, 1.54) is 83.8 Å². The molecule has 0 saturated carbocycles. The highest BCUT2D eigenvalue weighted by molar-refractivity contribution is 6.73. The second-order valence-electron chi connectivity index (χ2n) is 27.5. The lowest BCUT2D eigenvalue weighted by Crippen LogP contribution is -2.41. The SMILES string of the molecule is CC1(C)CCC(C)(C)c2cc(Nc3ccc(N(c4ccccc4)c4ccccc4)cc3-c3cc(N(c4cccc(-c5ccccc5)c4)c4cccc(-c5ccccc5)c4)c4c5ccccc5n5c4c3Bc3cc4c(cc3-5)C(C)(C)CCC4(C)C)ccc21. The van der Waals surface area contributed by atoms with Crippen LogP contribution in [0.1, 0.15) is 103 Å². The van der Waals surface area contributed by atoms with Gasteiger partial charge in [-0.3, -0.25) is 0 Å². The molecule has 2 aliphatic carbocycles. The molecule has 1 N–H and O–H groups in total. The number of para-hydroxylation sites is 3. The second kappa shape index (κ2) is 20.7. The van der Waals surface area contributed by atoms with Crippen LogP contribution in [0, 0.1) is 0 Å². The molecular formula is C82H75BN4. The van der Waals surface area contributed by atoms with Crippen LogP contribution >= 0.6 is 0 Å². The molecule has 2 heterocycles. The number of hydrogen-bond donors (Lipinski definition) is 1. The maximum atomic E-state index is 4.19. The summed E-state index contributed by atoms with van der Waals surface area (Å²) in [7, 11) is 0.765. The number of rotatable bonds is 11. The second-order valence-corrected chi connectivity index (χ2v) is 27.5. The number of aromatic nitrogens is 1. The van der Waals surface area contributed by atoms with E-state index in [1.807, 2.05) is 0 Å². The summed E-state index contributed by atoms with van der Waals surface area (Å²) in [5.74, 6) is 0. The zero-order chi connectivity index (χ0) is 59.4.